The molecule has 14 heteroatoms. The molecular formula is C26H16Cl8N2O4. The molecule has 0 spiro atoms. The Morgan fingerprint density at radius 2 is 1.40 bits per heavy atom. The maximum Gasteiger partial charge on any atom is 0.275 e. The van der Waals surface area contributed by atoms with Gasteiger partial charge in [-0.05, 0) is 24.6 Å². The van der Waals surface area contributed by atoms with Crippen molar-refractivity contribution >= 4 is 116 Å². The molecule has 2 aliphatic carbocycles. The van der Waals surface area contributed by atoms with Gasteiger partial charge in [-0.1, -0.05) is 107 Å². The Labute approximate surface area is 268 Å². The average molecular weight is 704 g/mol. The summed E-state index contributed by atoms with van der Waals surface area (Å²) >= 11 is 52.0. The number of imide groups is 1. The van der Waals surface area contributed by atoms with E-state index in [1.165, 1.54) is 18.2 Å². The van der Waals surface area contributed by atoms with Gasteiger partial charge in [0.05, 0.1) is 32.5 Å². The third-order valence-electron chi connectivity index (χ3n) is 7.51. The van der Waals surface area contributed by atoms with Crippen LogP contribution in [-0.2, 0) is 9.59 Å². The molecule has 210 valence electrons. The second-order valence-electron chi connectivity index (χ2n) is 9.50. The van der Waals surface area contributed by atoms with E-state index in [9.17, 15) is 19.2 Å². The molecule has 5 rings (SSSR count). The van der Waals surface area contributed by atoms with Crippen LogP contribution in [0.2, 0.25) is 10.0 Å². The van der Waals surface area contributed by atoms with Crippen molar-refractivity contribution in [1.29, 1.82) is 0 Å². The van der Waals surface area contributed by atoms with Crippen LogP contribution in [0, 0.1) is 11.8 Å². The zero-order chi connectivity index (χ0) is 29.5. The summed E-state index contributed by atoms with van der Waals surface area (Å²) in [5, 5.41) is 0.939. The monoisotopic (exact) mass is 700 g/mol. The molecule has 1 saturated heterocycles. The summed E-state index contributed by atoms with van der Waals surface area (Å²) in [5.74, 6) is -6.46. The zero-order valence-electron chi connectivity index (χ0n) is 20.1. The van der Waals surface area contributed by atoms with Gasteiger partial charge in [-0.2, -0.15) is 5.01 Å². The van der Waals surface area contributed by atoms with Crippen molar-refractivity contribution in [2.45, 2.75) is 33.5 Å². The van der Waals surface area contributed by atoms with Gasteiger partial charge in [0.1, 0.15) is 15.8 Å². The minimum Gasteiger partial charge on any atom is -0.292 e. The van der Waals surface area contributed by atoms with Crippen molar-refractivity contribution in [2.75, 3.05) is 0 Å². The number of rotatable bonds is 6. The van der Waals surface area contributed by atoms with Crippen molar-refractivity contribution in [3.63, 3.8) is 0 Å². The summed E-state index contributed by atoms with van der Waals surface area (Å²) in [7, 11) is 0. The predicted molar refractivity (Wildman–Crippen MR) is 157 cm³/mol. The molecule has 40 heavy (non-hydrogen) atoms. The Balaban J connectivity index is 1.68. The van der Waals surface area contributed by atoms with Crippen LogP contribution in [0.4, 0.5) is 0 Å². The van der Waals surface area contributed by atoms with E-state index in [2.05, 4.69) is 0 Å². The summed E-state index contributed by atoms with van der Waals surface area (Å²) in [6.07, 6.45) is 0.00379. The minimum atomic E-state index is -2.16. The molecule has 2 aromatic rings. The molecule has 2 aromatic carbocycles. The summed E-state index contributed by atoms with van der Waals surface area (Å²) in [5.41, 5.74) is 0.120. The number of fused-ring (bicyclic) bond motifs is 5. The number of amides is 3. The van der Waals surface area contributed by atoms with Crippen molar-refractivity contribution in [3.8, 4) is 0 Å². The number of Topliss-reactive ketones (excluding diaryl/α,β-unsaturated/α-hetero) is 1. The quantitative estimate of drug-likeness (QED) is 0.178. The maximum absolute atomic E-state index is 14.1. The summed E-state index contributed by atoms with van der Waals surface area (Å²) in [6.45, 7) is 1.62. The highest BCUT2D eigenvalue weighted by Crippen LogP contribution is 2.77. The zero-order valence-corrected chi connectivity index (χ0v) is 26.2. The molecule has 2 fully saturated rings. The molecule has 3 aliphatic rings. The molecule has 1 aliphatic heterocycles. The smallest absolute Gasteiger partial charge is 0.275 e. The lowest BCUT2D eigenvalue weighted by molar-refractivity contribution is -0.157. The second-order valence-corrected chi connectivity index (χ2v) is 13.6. The molecule has 1 heterocycles. The van der Waals surface area contributed by atoms with E-state index in [-0.39, 0.29) is 37.7 Å². The summed E-state index contributed by atoms with van der Waals surface area (Å²) < 4.78 is -2.16. The molecular weight excluding hydrogens is 688 g/mol. The molecule has 5 atom stereocenters. The number of allylic oxidation sites excluding steroid dienone is 2. The minimum absolute atomic E-state index is 0.00379. The Morgan fingerprint density at radius 1 is 0.875 bits per heavy atom. The van der Waals surface area contributed by atoms with Gasteiger partial charge in [-0.25, -0.2) is 5.01 Å². The van der Waals surface area contributed by atoms with Crippen molar-refractivity contribution < 1.29 is 19.2 Å². The number of nitrogens with zero attached hydrogens (tertiary/aromatic N) is 2. The third kappa shape index (κ3) is 3.77. The lowest BCUT2D eigenvalue weighted by Crippen LogP contribution is -2.60. The lowest BCUT2D eigenvalue weighted by Gasteiger charge is -2.39. The van der Waals surface area contributed by atoms with Gasteiger partial charge < -0.3 is 0 Å². The van der Waals surface area contributed by atoms with Crippen LogP contribution in [0.3, 0.4) is 0 Å². The number of hydrazine groups is 1. The van der Waals surface area contributed by atoms with Crippen LogP contribution in [0.15, 0.2) is 58.6 Å². The summed E-state index contributed by atoms with van der Waals surface area (Å²) in [4.78, 5) is 51.9. The van der Waals surface area contributed by atoms with E-state index in [1.54, 1.807) is 37.3 Å². The number of ketones is 1. The maximum atomic E-state index is 14.1. The van der Waals surface area contributed by atoms with Gasteiger partial charge in [0.2, 0.25) is 0 Å². The number of halogens is 8. The molecule has 1 saturated carbocycles. The predicted octanol–water partition coefficient (Wildman–Crippen LogP) is 7.46. The molecule has 2 bridgehead atoms. The molecule has 0 radical (unpaired) electrons. The van der Waals surface area contributed by atoms with Gasteiger partial charge >= 0.3 is 0 Å². The number of alkyl halides is 4. The highest BCUT2D eigenvalue weighted by molar-refractivity contribution is 6.66. The largest absolute Gasteiger partial charge is 0.292 e. The first kappa shape index (κ1) is 30.2. The Hall–Kier alpha value is -1.22. The van der Waals surface area contributed by atoms with Crippen LogP contribution in [-0.4, -0.2) is 53.6 Å². The molecule has 3 amide bonds. The number of hydrogen-bond acceptors (Lipinski definition) is 4. The van der Waals surface area contributed by atoms with E-state index in [0.29, 0.717) is 5.01 Å². The van der Waals surface area contributed by atoms with Crippen LogP contribution in [0.25, 0.3) is 0 Å². The highest BCUT2D eigenvalue weighted by Gasteiger charge is 2.88. The summed E-state index contributed by atoms with van der Waals surface area (Å²) in [6, 6.07) is 10.8. The number of benzene rings is 2. The van der Waals surface area contributed by atoms with Crippen molar-refractivity contribution in [2.24, 2.45) is 11.8 Å². The molecule has 0 unspecified atom stereocenters. The van der Waals surface area contributed by atoms with Crippen molar-refractivity contribution in [3.05, 3.63) is 79.8 Å². The first-order chi connectivity index (χ1) is 18.7. The van der Waals surface area contributed by atoms with Gasteiger partial charge in [-0.15, -0.1) is 23.2 Å². The fourth-order valence-corrected chi connectivity index (χ4v) is 9.03. The van der Waals surface area contributed by atoms with Gasteiger partial charge in [0.25, 0.3) is 17.7 Å². The Morgan fingerprint density at radius 3 is 1.88 bits per heavy atom. The van der Waals surface area contributed by atoms with E-state index >= 15 is 0 Å². The third-order valence-corrected chi connectivity index (χ3v) is 12.3. The number of hydrogen-bond donors (Lipinski definition) is 0. The topological polar surface area (TPSA) is 74.8 Å². The molecule has 0 aromatic heterocycles. The van der Waals surface area contributed by atoms with E-state index < -0.39 is 55.5 Å². The van der Waals surface area contributed by atoms with E-state index in [0.717, 1.165) is 5.01 Å². The lowest BCUT2D eigenvalue weighted by atomic mass is 9.84. The van der Waals surface area contributed by atoms with E-state index in [4.69, 9.17) is 92.8 Å². The van der Waals surface area contributed by atoms with Gasteiger partial charge in [0.15, 0.2) is 10.1 Å². The first-order valence-corrected chi connectivity index (χ1v) is 14.8. The van der Waals surface area contributed by atoms with Gasteiger partial charge in [-0.3, -0.25) is 19.2 Å². The standard InChI is InChI=1S/C26H16Cl8N2O4/c1-2-15(18(37)11-6-4-3-5-7-11)35(21(38)13-9-8-12(27)10-14(13)28)36-22(39)16-17(23(36)40)25(32)20(30)19(29)24(16,31)26(25,33)34/h3-10,15-17H,2H2,1H3/t15-,16+,17+,24-,25-/m1/s1. The van der Waals surface area contributed by atoms with Crippen LogP contribution < -0.4 is 0 Å². The molecule has 6 nitrogen and oxygen atoms in total. The second kappa shape index (κ2) is 10.2. The SMILES string of the molecule is CC[C@H](C(=O)c1ccccc1)N(C(=O)c1ccc(Cl)cc1Cl)N1C(=O)[C@@H]2[C@@H](C1=O)[C@@]1(Cl)C(Cl)=C(Cl)[C@@]2(Cl)C1(Cl)Cl. The van der Waals surface area contributed by atoms with Gasteiger partial charge in [0, 0.05) is 10.6 Å². The highest BCUT2D eigenvalue weighted by atomic mass is 35.5. The normalized spacial score (nSPS) is 29.2. The Bertz CT molecular complexity index is 1470. The van der Waals surface area contributed by atoms with Crippen molar-refractivity contribution in [1.82, 2.24) is 10.0 Å². The number of carbonyl (C=O) groups is 4. The number of carbonyl (C=O) groups excluding carboxylic acids is 4. The van der Waals surface area contributed by atoms with Crippen LogP contribution in [0.5, 0.6) is 0 Å². The fraction of sp³-hybridized carbons (Fsp3) is 0.308. The fourth-order valence-electron chi connectivity index (χ4n) is 5.61. The van der Waals surface area contributed by atoms with Crippen LogP contribution >= 0.6 is 92.8 Å². The first-order valence-electron chi connectivity index (χ1n) is 11.7. The van der Waals surface area contributed by atoms with Crippen LogP contribution in [0.1, 0.15) is 34.1 Å². The van der Waals surface area contributed by atoms with E-state index in [1.807, 2.05) is 0 Å². The Kier molecular flexibility index (Phi) is 7.71. The molecule has 0 N–H and O–H groups in total. The average Bonchev–Trinajstić information content (AvgIpc) is 3.30.